The van der Waals surface area contributed by atoms with Gasteiger partial charge in [-0.1, -0.05) is 6.08 Å². The van der Waals surface area contributed by atoms with Gasteiger partial charge in [0.25, 0.3) is 0 Å². The number of hydrogen-bond donors (Lipinski definition) is 1. The van der Waals surface area contributed by atoms with Crippen molar-refractivity contribution in [1.82, 2.24) is 14.8 Å². The first-order valence-electron chi connectivity index (χ1n) is 8.30. The summed E-state index contributed by atoms with van der Waals surface area (Å²) < 4.78 is 0. The molecule has 1 amide bonds. The van der Waals surface area contributed by atoms with E-state index in [4.69, 9.17) is 10.1 Å². The van der Waals surface area contributed by atoms with Crippen LogP contribution in [0.3, 0.4) is 0 Å². The van der Waals surface area contributed by atoms with Gasteiger partial charge in [0.15, 0.2) is 0 Å². The van der Waals surface area contributed by atoms with Crippen molar-refractivity contribution in [2.75, 3.05) is 26.2 Å². The van der Waals surface area contributed by atoms with Crippen LogP contribution in [0.15, 0.2) is 23.9 Å². The number of thiazole rings is 1. The van der Waals surface area contributed by atoms with Gasteiger partial charge in [0.05, 0.1) is 10.7 Å². The van der Waals surface area contributed by atoms with Crippen LogP contribution >= 0.6 is 11.3 Å². The van der Waals surface area contributed by atoms with Crippen LogP contribution in [-0.2, 0) is 12.8 Å². The highest BCUT2D eigenvalue weighted by Crippen LogP contribution is 2.34. The summed E-state index contributed by atoms with van der Waals surface area (Å²) in [4.78, 5) is 21.3. The van der Waals surface area contributed by atoms with Crippen LogP contribution in [0.4, 0.5) is 4.79 Å². The first-order valence-corrected chi connectivity index (χ1v) is 9.12. The SMILES string of the molecule is O=C(O)N1CCC(c2nc3c(s2)CCN(C2=CC=C2)CC3)CC1. The quantitative estimate of drug-likeness (QED) is 0.905. The van der Waals surface area contributed by atoms with Gasteiger partial charge >= 0.3 is 6.09 Å². The van der Waals surface area contributed by atoms with Gasteiger partial charge in [0, 0.05) is 55.5 Å². The highest BCUT2D eigenvalue weighted by Gasteiger charge is 2.27. The zero-order valence-electron chi connectivity index (χ0n) is 13.1. The number of carbonyl (C=O) groups is 1. The number of rotatable bonds is 2. The Morgan fingerprint density at radius 3 is 2.61 bits per heavy atom. The lowest BCUT2D eigenvalue weighted by Crippen LogP contribution is -2.36. The molecule has 0 radical (unpaired) electrons. The summed E-state index contributed by atoms with van der Waals surface area (Å²) in [6.07, 6.45) is 9.55. The summed E-state index contributed by atoms with van der Waals surface area (Å²) in [5.41, 5.74) is 2.62. The third-order valence-electron chi connectivity index (χ3n) is 5.04. The third kappa shape index (κ3) is 2.87. The number of allylic oxidation sites excluding steroid dienone is 3. The van der Waals surface area contributed by atoms with E-state index in [9.17, 15) is 4.79 Å². The molecule has 5 nitrogen and oxygen atoms in total. The molecule has 1 fully saturated rings. The molecule has 1 saturated heterocycles. The van der Waals surface area contributed by atoms with Crippen molar-refractivity contribution in [2.45, 2.75) is 31.6 Å². The fourth-order valence-electron chi connectivity index (χ4n) is 3.53. The normalized spacial score (nSPS) is 21.5. The molecule has 2 aliphatic heterocycles. The van der Waals surface area contributed by atoms with Crippen molar-refractivity contribution in [3.8, 4) is 0 Å². The Hall–Kier alpha value is -1.82. The topological polar surface area (TPSA) is 56.7 Å². The van der Waals surface area contributed by atoms with Crippen LogP contribution in [0.2, 0.25) is 0 Å². The molecular formula is C17H21N3O2S. The number of likely N-dealkylation sites (tertiary alicyclic amines) is 1. The second-order valence-corrected chi connectivity index (χ2v) is 7.52. The summed E-state index contributed by atoms with van der Waals surface area (Å²) in [5, 5.41) is 10.3. The van der Waals surface area contributed by atoms with Crippen LogP contribution in [0.1, 0.15) is 34.3 Å². The molecule has 6 heteroatoms. The largest absolute Gasteiger partial charge is 0.465 e. The molecule has 0 unspecified atom stereocenters. The predicted molar refractivity (Wildman–Crippen MR) is 89.9 cm³/mol. The predicted octanol–water partition coefficient (Wildman–Crippen LogP) is 2.85. The Balaban J connectivity index is 1.41. The maximum Gasteiger partial charge on any atom is 0.407 e. The minimum atomic E-state index is -0.794. The molecule has 1 N–H and O–H groups in total. The van der Waals surface area contributed by atoms with Crippen molar-refractivity contribution >= 4 is 17.4 Å². The minimum Gasteiger partial charge on any atom is -0.465 e. The second-order valence-electron chi connectivity index (χ2n) is 6.40. The van der Waals surface area contributed by atoms with E-state index in [0.717, 1.165) is 38.8 Å². The van der Waals surface area contributed by atoms with Crippen LogP contribution in [0.5, 0.6) is 0 Å². The number of carboxylic acid groups (broad SMARTS) is 1. The smallest absolute Gasteiger partial charge is 0.407 e. The van der Waals surface area contributed by atoms with Crippen molar-refractivity contribution in [3.05, 3.63) is 39.5 Å². The van der Waals surface area contributed by atoms with Gasteiger partial charge in [-0.15, -0.1) is 11.3 Å². The van der Waals surface area contributed by atoms with Crippen molar-refractivity contribution in [1.29, 1.82) is 0 Å². The summed E-state index contributed by atoms with van der Waals surface area (Å²) >= 11 is 1.86. The average Bonchev–Trinajstić information content (AvgIpc) is 2.82. The lowest BCUT2D eigenvalue weighted by Gasteiger charge is -2.29. The maximum absolute atomic E-state index is 11.0. The summed E-state index contributed by atoms with van der Waals surface area (Å²) in [7, 11) is 0. The molecule has 0 bridgehead atoms. The van der Waals surface area contributed by atoms with E-state index in [1.807, 2.05) is 11.3 Å². The molecule has 0 spiro atoms. The lowest BCUT2D eigenvalue weighted by molar-refractivity contribution is 0.132. The fourth-order valence-corrected chi connectivity index (χ4v) is 4.80. The number of piperidine rings is 1. The maximum atomic E-state index is 11.0. The molecule has 1 aromatic heterocycles. The Kier molecular flexibility index (Phi) is 3.85. The molecule has 3 aliphatic rings. The van der Waals surface area contributed by atoms with E-state index < -0.39 is 6.09 Å². The average molecular weight is 331 g/mol. The third-order valence-corrected chi connectivity index (χ3v) is 6.36. The van der Waals surface area contributed by atoms with E-state index >= 15 is 0 Å². The number of aromatic nitrogens is 1. The lowest BCUT2D eigenvalue weighted by atomic mass is 9.98. The molecule has 0 aromatic carbocycles. The monoisotopic (exact) mass is 331 g/mol. The first kappa shape index (κ1) is 14.8. The van der Waals surface area contributed by atoms with Crippen LogP contribution in [0, 0.1) is 0 Å². The summed E-state index contributed by atoms with van der Waals surface area (Å²) in [6.45, 7) is 3.39. The number of amides is 1. The fraction of sp³-hybridized carbons (Fsp3) is 0.529. The van der Waals surface area contributed by atoms with Crippen LogP contribution < -0.4 is 0 Å². The molecular weight excluding hydrogens is 310 g/mol. The number of fused-ring (bicyclic) bond motifs is 1. The Morgan fingerprint density at radius 1 is 1.22 bits per heavy atom. The van der Waals surface area contributed by atoms with E-state index in [0.29, 0.717) is 19.0 Å². The van der Waals surface area contributed by atoms with Gasteiger partial charge in [-0.05, 0) is 25.0 Å². The van der Waals surface area contributed by atoms with Gasteiger partial charge in [-0.3, -0.25) is 0 Å². The summed E-state index contributed by atoms with van der Waals surface area (Å²) in [6, 6.07) is 0. The van der Waals surface area contributed by atoms with Crippen LogP contribution in [0.25, 0.3) is 0 Å². The van der Waals surface area contributed by atoms with E-state index in [1.165, 1.54) is 26.2 Å². The van der Waals surface area contributed by atoms with Gasteiger partial charge in [0.2, 0.25) is 0 Å². The molecule has 1 aliphatic carbocycles. The van der Waals surface area contributed by atoms with Gasteiger partial charge in [-0.2, -0.15) is 0 Å². The van der Waals surface area contributed by atoms with E-state index in [1.54, 1.807) is 0 Å². The van der Waals surface area contributed by atoms with Crippen molar-refractivity contribution in [2.24, 2.45) is 0 Å². The van der Waals surface area contributed by atoms with Gasteiger partial charge in [0.1, 0.15) is 0 Å². The van der Waals surface area contributed by atoms with E-state index in [2.05, 4.69) is 23.1 Å². The zero-order chi connectivity index (χ0) is 15.8. The number of hydrogen-bond acceptors (Lipinski definition) is 4. The van der Waals surface area contributed by atoms with E-state index in [-0.39, 0.29) is 0 Å². The molecule has 0 atom stereocenters. The first-order chi connectivity index (χ1) is 11.2. The Bertz CT molecular complexity index is 646. The Labute approximate surface area is 139 Å². The van der Waals surface area contributed by atoms with Crippen molar-refractivity contribution < 1.29 is 9.90 Å². The molecule has 122 valence electrons. The van der Waals surface area contributed by atoms with Gasteiger partial charge in [-0.25, -0.2) is 9.78 Å². The van der Waals surface area contributed by atoms with Crippen molar-refractivity contribution in [3.63, 3.8) is 0 Å². The summed E-state index contributed by atoms with van der Waals surface area (Å²) in [5.74, 6) is 0.441. The molecule has 1 aromatic rings. The highest BCUT2D eigenvalue weighted by atomic mass is 32.1. The Morgan fingerprint density at radius 2 is 1.96 bits per heavy atom. The molecule has 3 heterocycles. The molecule has 4 rings (SSSR count). The standard InChI is InChI=1S/C17H21N3O2S/c21-17(22)20-8-4-12(5-9-20)16-18-14-6-10-19(13-2-1-3-13)11-7-15(14)23-16/h1-3,12H,4-11H2,(H,21,22). The highest BCUT2D eigenvalue weighted by molar-refractivity contribution is 7.11. The van der Waals surface area contributed by atoms with Crippen LogP contribution in [-0.4, -0.2) is 52.2 Å². The van der Waals surface area contributed by atoms with Gasteiger partial charge < -0.3 is 14.9 Å². The molecule has 23 heavy (non-hydrogen) atoms. The number of nitrogens with zero attached hydrogens (tertiary/aromatic N) is 3. The zero-order valence-corrected chi connectivity index (χ0v) is 13.9. The minimum absolute atomic E-state index is 0.441. The molecule has 0 saturated carbocycles. The second kappa shape index (κ2) is 6.00.